The van der Waals surface area contributed by atoms with Crippen molar-refractivity contribution in [1.82, 2.24) is 9.97 Å². The highest BCUT2D eigenvalue weighted by molar-refractivity contribution is 6.31. The summed E-state index contributed by atoms with van der Waals surface area (Å²) in [5.74, 6) is 0.608. The quantitative estimate of drug-likeness (QED) is 0.897. The summed E-state index contributed by atoms with van der Waals surface area (Å²) in [7, 11) is 3.74. The number of hydrogen-bond donors (Lipinski definition) is 2. The summed E-state index contributed by atoms with van der Waals surface area (Å²) in [6.45, 7) is 5.57. The first kappa shape index (κ1) is 17.0. The largest absolute Gasteiger partial charge is 0.347 e. The van der Waals surface area contributed by atoms with E-state index in [1.54, 1.807) is 12.1 Å². The number of urea groups is 1. The van der Waals surface area contributed by atoms with Gasteiger partial charge in [-0.25, -0.2) is 14.8 Å². The van der Waals surface area contributed by atoms with Gasteiger partial charge in [-0.15, -0.1) is 0 Å². The van der Waals surface area contributed by atoms with Crippen LogP contribution in [0.2, 0.25) is 5.02 Å². The Kier molecular flexibility index (Phi) is 5.05. The van der Waals surface area contributed by atoms with Crippen LogP contribution < -0.4 is 15.5 Å². The number of anilines is 3. The molecule has 1 heterocycles. The first-order chi connectivity index (χ1) is 10.8. The Bertz CT molecular complexity index is 722. The lowest BCUT2D eigenvalue weighted by molar-refractivity contribution is 0.262. The van der Waals surface area contributed by atoms with Gasteiger partial charge in [0.2, 0.25) is 5.95 Å². The number of carbonyl (C=O) groups excluding carboxylic acids is 1. The van der Waals surface area contributed by atoms with E-state index in [4.69, 9.17) is 11.6 Å². The van der Waals surface area contributed by atoms with Crippen molar-refractivity contribution >= 4 is 35.0 Å². The molecular formula is C16H20ClN5O. The van der Waals surface area contributed by atoms with Gasteiger partial charge in [-0.2, -0.15) is 0 Å². The first-order valence-electron chi connectivity index (χ1n) is 7.14. The molecule has 6 nitrogen and oxygen atoms in total. The van der Waals surface area contributed by atoms with Gasteiger partial charge in [-0.05, 0) is 38.5 Å². The summed E-state index contributed by atoms with van der Waals surface area (Å²) in [6, 6.07) is 4.99. The zero-order valence-corrected chi connectivity index (χ0v) is 14.6. The van der Waals surface area contributed by atoms with Crippen LogP contribution in [-0.2, 0) is 0 Å². The fraction of sp³-hybridized carbons (Fsp3) is 0.312. The Hall–Kier alpha value is -2.34. The molecule has 0 aliphatic rings. The third kappa shape index (κ3) is 4.10. The minimum Gasteiger partial charge on any atom is -0.347 e. The number of aromatic nitrogens is 2. The van der Waals surface area contributed by atoms with Gasteiger partial charge in [0, 0.05) is 24.8 Å². The van der Waals surface area contributed by atoms with E-state index in [0.29, 0.717) is 33.7 Å². The van der Waals surface area contributed by atoms with Crippen molar-refractivity contribution in [3.63, 3.8) is 0 Å². The number of rotatable bonds is 3. The van der Waals surface area contributed by atoms with Crippen molar-refractivity contribution < 1.29 is 4.79 Å². The first-order valence-corrected chi connectivity index (χ1v) is 7.52. The maximum absolute atomic E-state index is 12.2. The SMILES string of the molecule is Cc1ccc(NC(=O)Nc2c(C)nc(N(C)C)nc2C)cc1Cl. The van der Waals surface area contributed by atoms with Crippen molar-refractivity contribution in [2.45, 2.75) is 20.8 Å². The smallest absolute Gasteiger partial charge is 0.323 e. The minimum atomic E-state index is -0.364. The van der Waals surface area contributed by atoms with Crippen molar-refractivity contribution in [3.8, 4) is 0 Å². The summed E-state index contributed by atoms with van der Waals surface area (Å²) in [5, 5.41) is 6.15. The van der Waals surface area contributed by atoms with Crippen molar-refractivity contribution in [3.05, 3.63) is 40.2 Å². The van der Waals surface area contributed by atoms with Gasteiger partial charge >= 0.3 is 6.03 Å². The van der Waals surface area contributed by atoms with Gasteiger partial charge in [-0.1, -0.05) is 17.7 Å². The monoisotopic (exact) mass is 333 g/mol. The Labute approximate surface area is 140 Å². The molecule has 0 atom stereocenters. The van der Waals surface area contributed by atoms with Gasteiger partial charge < -0.3 is 15.5 Å². The summed E-state index contributed by atoms with van der Waals surface area (Å²) >= 11 is 6.06. The van der Waals surface area contributed by atoms with E-state index in [-0.39, 0.29) is 6.03 Å². The van der Waals surface area contributed by atoms with Gasteiger partial charge in [0.15, 0.2) is 0 Å². The van der Waals surface area contributed by atoms with Gasteiger partial charge in [0.25, 0.3) is 0 Å². The van der Waals surface area contributed by atoms with Crippen LogP contribution in [0, 0.1) is 20.8 Å². The van der Waals surface area contributed by atoms with Gasteiger partial charge in [0.1, 0.15) is 0 Å². The fourth-order valence-electron chi connectivity index (χ4n) is 2.03. The number of amides is 2. The average Bonchev–Trinajstić information content (AvgIpc) is 2.46. The number of hydrogen-bond acceptors (Lipinski definition) is 4. The average molecular weight is 334 g/mol. The molecule has 0 unspecified atom stereocenters. The molecule has 0 saturated carbocycles. The van der Waals surface area contributed by atoms with E-state index in [0.717, 1.165) is 5.56 Å². The van der Waals surface area contributed by atoms with Crippen molar-refractivity contribution in [2.24, 2.45) is 0 Å². The van der Waals surface area contributed by atoms with Crippen LogP contribution in [0.3, 0.4) is 0 Å². The molecule has 0 aliphatic carbocycles. The van der Waals surface area contributed by atoms with E-state index < -0.39 is 0 Å². The Morgan fingerprint density at radius 1 is 1.09 bits per heavy atom. The van der Waals surface area contributed by atoms with Gasteiger partial charge in [-0.3, -0.25) is 0 Å². The van der Waals surface area contributed by atoms with E-state index in [2.05, 4.69) is 20.6 Å². The molecule has 2 N–H and O–H groups in total. The van der Waals surface area contributed by atoms with E-state index in [9.17, 15) is 4.79 Å². The van der Waals surface area contributed by atoms with E-state index >= 15 is 0 Å². The molecule has 0 spiro atoms. The standard InChI is InChI=1S/C16H20ClN5O/c1-9-6-7-12(8-13(9)17)20-16(23)21-14-10(2)18-15(22(4)5)19-11(14)3/h6-8H,1-5H3,(H2,20,21,23). The van der Waals surface area contributed by atoms with E-state index in [1.165, 1.54) is 0 Å². The lowest BCUT2D eigenvalue weighted by Gasteiger charge is -2.16. The molecule has 1 aromatic heterocycles. The van der Waals surface area contributed by atoms with Crippen LogP contribution in [0.1, 0.15) is 17.0 Å². The highest BCUT2D eigenvalue weighted by Gasteiger charge is 2.13. The van der Waals surface area contributed by atoms with E-state index in [1.807, 2.05) is 45.8 Å². The highest BCUT2D eigenvalue weighted by atomic mass is 35.5. The second-order valence-electron chi connectivity index (χ2n) is 5.51. The Morgan fingerprint density at radius 2 is 1.70 bits per heavy atom. The number of nitrogens with zero attached hydrogens (tertiary/aromatic N) is 3. The number of halogens is 1. The highest BCUT2D eigenvalue weighted by Crippen LogP contribution is 2.22. The van der Waals surface area contributed by atoms with Crippen molar-refractivity contribution in [1.29, 1.82) is 0 Å². The van der Waals surface area contributed by atoms with Crippen LogP contribution in [0.4, 0.5) is 22.1 Å². The number of nitrogens with one attached hydrogen (secondary N) is 2. The predicted octanol–water partition coefficient (Wildman–Crippen LogP) is 3.77. The molecule has 0 aliphatic heterocycles. The maximum atomic E-state index is 12.2. The molecule has 2 aromatic rings. The minimum absolute atomic E-state index is 0.364. The lowest BCUT2D eigenvalue weighted by Crippen LogP contribution is -2.22. The number of benzene rings is 1. The topological polar surface area (TPSA) is 70.2 Å². The Morgan fingerprint density at radius 3 is 2.22 bits per heavy atom. The second kappa shape index (κ2) is 6.83. The molecule has 0 fully saturated rings. The molecule has 23 heavy (non-hydrogen) atoms. The number of aryl methyl sites for hydroxylation is 3. The molecule has 0 saturated heterocycles. The summed E-state index contributed by atoms with van der Waals surface area (Å²) < 4.78 is 0. The molecule has 0 radical (unpaired) electrons. The Balaban J connectivity index is 2.15. The molecule has 1 aromatic carbocycles. The summed E-state index contributed by atoms with van der Waals surface area (Å²) in [4.78, 5) is 22.7. The molecule has 0 bridgehead atoms. The zero-order valence-electron chi connectivity index (χ0n) is 13.9. The predicted molar refractivity (Wildman–Crippen MR) is 94.7 cm³/mol. The van der Waals surface area contributed by atoms with Crippen LogP contribution in [0.15, 0.2) is 18.2 Å². The van der Waals surface area contributed by atoms with Crippen LogP contribution >= 0.6 is 11.6 Å². The molecule has 2 rings (SSSR count). The normalized spacial score (nSPS) is 10.3. The molecule has 122 valence electrons. The van der Waals surface area contributed by atoms with Gasteiger partial charge in [0.05, 0.1) is 17.1 Å². The van der Waals surface area contributed by atoms with Crippen molar-refractivity contribution in [2.75, 3.05) is 29.6 Å². The molecule has 2 amide bonds. The second-order valence-corrected chi connectivity index (χ2v) is 5.91. The lowest BCUT2D eigenvalue weighted by atomic mass is 10.2. The zero-order chi connectivity index (χ0) is 17.1. The summed E-state index contributed by atoms with van der Waals surface area (Å²) in [6.07, 6.45) is 0. The number of carbonyl (C=O) groups is 1. The third-order valence-corrected chi connectivity index (χ3v) is 3.73. The molecule has 7 heteroatoms. The van der Waals surface area contributed by atoms with Crippen LogP contribution in [0.25, 0.3) is 0 Å². The maximum Gasteiger partial charge on any atom is 0.323 e. The van der Waals surface area contributed by atoms with Crippen LogP contribution in [0.5, 0.6) is 0 Å². The fourth-order valence-corrected chi connectivity index (χ4v) is 2.21. The molecular weight excluding hydrogens is 314 g/mol. The van der Waals surface area contributed by atoms with Crippen LogP contribution in [-0.4, -0.2) is 30.1 Å². The summed E-state index contributed by atoms with van der Waals surface area (Å²) in [5.41, 5.74) is 3.60. The third-order valence-electron chi connectivity index (χ3n) is 3.33.